The Hall–Kier alpha value is -1.21. The molecule has 0 bridgehead atoms. The third-order valence-corrected chi connectivity index (χ3v) is 5.94. The molecular formula is C16H18ClNO3S2. The quantitative estimate of drug-likeness (QED) is 0.755. The fourth-order valence-electron chi connectivity index (χ4n) is 2.06. The van der Waals surface area contributed by atoms with Crippen LogP contribution in [0.25, 0.3) is 0 Å². The standard InChI is InChI=1S/C16H18ClNO3S2/c1-21-14-6-3-12(4-7-14)9-10-18-23(19,20)16-11-13(17)5-8-15(16)22-2/h3-8,11,18H,9-10H2,1-2H3. The van der Waals surface area contributed by atoms with E-state index in [0.29, 0.717) is 22.9 Å². The number of hydrogen-bond donors (Lipinski definition) is 1. The van der Waals surface area contributed by atoms with Crippen molar-refractivity contribution in [1.82, 2.24) is 4.72 Å². The predicted molar refractivity (Wildman–Crippen MR) is 95.1 cm³/mol. The first kappa shape index (κ1) is 18.1. The fraction of sp³-hybridized carbons (Fsp3) is 0.250. The van der Waals surface area contributed by atoms with Crippen molar-refractivity contribution in [3.05, 3.63) is 53.1 Å². The van der Waals surface area contributed by atoms with E-state index in [1.165, 1.54) is 17.8 Å². The summed E-state index contributed by atoms with van der Waals surface area (Å²) < 4.78 is 32.6. The Labute approximate surface area is 146 Å². The molecule has 0 heterocycles. The van der Waals surface area contributed by atoms with Crippen molar-refractivity contribution in [2.45, 2.75) is 16.2 Å². The number of hydrogen-bond acceptors (Lipinski definition) is 4. The van der Waals surface area contributed by atoms with Gasteiger partial charge in [-0.2, -0.15) is 0 Å². The molecule has 0 aromatic heterocycles. The molecule has 0 amide bonds. The second-order valence-corrected chi connectivity index (χ2v) is 7.81. The third kappa shape index (κ3) is 4.88. The summed E-state index contributed by atoms with van der Waals surface area (Å²) in [6.45, 7) is 0.314. The summed E-state index contributed by atoms with van der Waals surface area (Å²) >= 11 is 7.30. The minimum atomic E-state index is -3.59. The number of rotatable bonds is 7. The van der Waals surface area contributed by atoms with Crippen molar-refractivity contribution < 1.29 is 13.2 Å². The number of thioether (sulfide) groups is 1. The highest BCUT2D eigenvalue weighted by Crippen LogP contribution is 2.27. The first-order valence-corrected chi connectivity index (χ1v) is 10.0. The summed E-state index contributed by atoms with van der Waals surface area (Å²) in [5, 5.41) is 0.401. The molecule has 23 heavy (non-hydrogen) atoms. The van der Waals surface area contributed by atoms with Crippen LogP contribution in [0.2, 0.25) is 5.02 Å². The molecular weight excluding hydrogens is 354 g/mol. The van der Waals surface area contributed by atoms with Crippen LogP contribution in [0.1, 0.15) is 5.56 Å². The van der Waals surface area contributed by atoms with Crippen molar-refractivity contribution in [2.24, 2.45) is 0 Å². The molecule has 0 aliphatic rings. The summed E-state index contributed by atoms with van der Waals surface area (Å²) in [6.07, 6.45) is 2.43. The van der Waals surface area contributed by atoms with E-state index >= 15 is 0 Å². The average molecular weight is 372 g/mol. The van der Waals surface area contributed by atoms with Crippen LogP contribution in [0, 0.1) is 0 Å². The van der Waals surface area contributed by atoms with Gasteiger partial charge in [-0.05, 0) is 48.6 Å². The minimum Gasteiger partial charge on any atom is -0.497 e. The van der Waals surface area contributed by atoms with Crippen LogP contribution in [0.3, 0.4) is 0 Å². The zero-order chi connectivity index (χ0) is 16.9. The molecule has 7 heteroatoms. The van der Waals surface area contributed by atoms with Gasteiger partial charge < -0.3 is 4.74 Å². The van der Waals surface area contributed by atoms with Gasteiger partial charge in [-0.1, -0.05) is 23.7 Å². The van der Waals surface area contributed by atoms with Gasteiger partial charge in [0, 0.05) is 16.5 Å². The fourth-order valence-corrected chi connectivity index (χ4v) is 4.48. The Balaban J connectivity index is 2.05. The Kier molecular flexibility index (Phi) is 6.35. The average Bonchev–Trinajstić information content (AvgIpc) is 2.55. The Morgan fingerprint density at radius 3 is 2.48 bits per heavy atom. The van der Waals surface area contributed by atoms with E-state index in [0.717, 1.165) is 11.3 Å². The molecule has 0 spiro atoms. The first-order valence-electron chi connectivity index (χ1n) is 6.92. The number of benzene rings is 2. The first-order chi connectivity index (χ1) is 11.0. The molecule has 2 rings (SSSR count). The second-order valence-electron chi connectivity index (χ2n) is 4.79. The van der Waals surface area contributed by atoms with E-state index < -0.39 is 10.0 Å². The maximum Gasteiger partial charge on any atom is 0.241 e. The van der Waals surface area contributed by atoms with Gasteiger partial charge >= 0.3 is 0 Å². The SMILES string of the molecule is COc1ccc(CCNS(=O)(=O)c2cc(Cl)ccc2SC)cc1. The van der Waals surface area contributed by atoms with Gasteiger partial charge in [0.05, 0.1) is 12.0 Å². The lowest BCUT2D eigenvalue weighted by Gasteiger charge is -2.11. The van der Waals surface area contributed by atoms with Crippen LogP contribution in [0.15, 0.2) is 52.3 Å². The zero-order valence-corrected chi connectivity index (χ0v) is 15.3. The number of methoxy groups -OCH3 is 1. The highest BCUT2D eigenvalue weighted by atomic mass is 35.5. The van der Waals surface area contributed by atoms with Crippen molar-refractivity contribution in [3.63, 3.8) is 0 Å². The summed E-state index contributed by atoms with van der Waals surface area (Å²) in [7, 11) is -1.98. The monoisotopic (exact) mass is 371 g/mol. The van der Waals surface area contributed by atoms with Crippen molar-refractivity contribution in [3.8, 4) is 5.75 Å². The molecule has 0 radical (unpaired) electrons. The summed E-state index contributed by atoms with van der Waals surface area (Å²) in [4.78, 5) is 0.888. The van der Waals surface area contributed by atoms with Crippen LogP contribution in [0.5, 0.6) is 5.75 Å². The molecule has 1 N–H and O–H groups in total. The van der Waals surface area contributed by atoms with Gasteiger partial charge in [0.15, 0.2) is 0 Å². The smallest absolute Gasteiger partial charge is 0.241 e. The van der Waals surface area contributed by atoms with Gasteiger partial charge in [-0.25, -0.2) is 13.1 Å². The molecule has 0 aliphatic carbocycles. The molecule has 0 saturated heterocycles. The second kappa shape index (κ2) is 8.06. The lowest BCUT2D eigenvalue weighted by Crippen LogP contribution is -2.26. The molecule has 0 fully saturated rings. The van der Waals surface area contributed by atoms with Crippen LogP contribution in [0.4, 0.5) is 0 Å². The normalized spacial score (nSPS) is 11.4. The lowest BCUT2D eigenvalue weighted by molar-refractivity contribution is 0.414. The highest BCUT2D eigenvalue weighted by molar-refractivity contribution is 7.99. The van der Waals surface area contributed by atoms with Crippen molar-refractivity contribution in [2.75, 3.05) is 19.9 Å². The van der Waals surface area contributed by atoms with Gasteiger partial charge in [0.1, 0.15) is 5.75 Å². The van der Waals surface area contributed by atoms with E-state index in [2.05, 4.69) is 4.72 Å². The van der Waals surface area contributed by atoms with E-state index in [4.69, 9.17) is 16.3 Å². The number of halogens is 1. The molecule has 4 nitrogen and oxygen atoms in total. The molecule has 0 aliphatic heterocycles. The Morgan fingerprint density at radius 2 is 1.87 bits per heavy atom. The molecule has 124 valence electrons. The number of sulfonamides is 1. The minimum absolute atomic E-state index is 0.215. The van der Waals surface area contributed by atoms with Crippen molar-refractivity contribution >= 4 is 33.4 Å². The predicted octanol–water partition coefficient (Wildman–Crippen LogP) is 3.59. The van der Waals surface area contributed by atoms with E-state index in [1.54, 1.807) is 19.2 Å². The van der Waals surface area contributed by atoms with Gasteiger partial charge in [0.2, 0.25) is 10.0 Å². The maximum atomic E-state index is 12.5. The number of ether oxygens (including phenoxy) is 1. The Morgan fingerprint density at radius 1 is 1.17 bits per heavy atom. The molecule has 0 atom stereocenters. The van der Waals surface area contributed by atoms with Gasteiger partial charge in [-0.3, -0.25) is 0 Å². The summed E-state index contributed by atoms with van der Waals surface area (Å²) in [5.41, 5.74) is 1.03. The molecule has 2 aromatic carbocycles. The van der Waals surface area contributed by atoms with Crippen LogP contribution < -0.4 is 9.46 Å². The lowest BCUT2D eigenvalue weighted by atomic mass is 10.1. The van der Waals surface area contributed by atoms with E-state index in [9.17, 15) is 8.42 Å². The molecule has 0 unspecified atom stereocenters. The largest absolute Gasteiger partial charge is 0.497 e. The van der Waals surface area contributed by atoms with Crippen LogP contribution in [-0.4, -0.2) is 28.3 Å². The summed E-state index contributed by atoms with van der Waals surface area (Å²) in [6, 6.07) is 12.4. The number of nitrogens with one attached hydrogen (secondary N) is 1. The van der Waals surface area contributed by atoms with Crippen LogP contribution in [-0.2, 0) is 16.4 Å². The van der Waals surface area contributed by atoms with Crippen LogP contribution >= 0.6 is 23.4 Å². The van der Waals surface area contributed by atoms with E-state index in [-0.39, 0.29) is 4.90 Å². The van der Waals surface area contributed by atoms with Crippen molar-refractivity contribution in [1.29, 1.82) is 0 Å². The maximum absolute atomic E-state index is 12.5. The summed E-state index contributed by atoms with van der Waals surface area (Å²) in [5.74, 6) is 0.776. The Bertz CT molecular complexity index is 761. The van der Waals surface area contributed by atoms with E-state index in [1.807, 2.05) is 30.5 Å². The molecule has 0 saturated carbocycles. The molecule has 2 aromatic rings. The van der Waals surface area contributed by atoms with Gasteiger partial charge in [0.25, 0.3) is 0 Å². The third-order valence-electron chi connectivity index (χ3n) is 3.28. The highest BCUT2D eigenvalue weighted by Gasteiger charge is 2.18. The topological polar surface area (TPSA) is 55.4 Å². The van der Waals surface area contributed by atoms with Gasteiger partial charge in [-0.15, -0.1) is 11.8 Å². The zero-order valence-electron chi connectivity index (χ0n) is 12.9.